The third-order valence-electron chi connectivity index (χ3n) is 2.39. The molecular formula is C12H17NO4. The maximum Gasteiger partial charge on any atom is 0.317 e. The molecule has 0 aliphatic heterocycles. The molecule has 0 saturated heterocycles. The summed E-state index contributed by atoms with van der Waals surface area (Å²) < 4.78 is 10.5. The lowest BCUT2D eigenvalue weighted by atomic mass is 10.1. The largest absolute Gasteiger partial charge is 0.496 e. The summed E-state index contributed by atoms with van der Waals surface area (Å²) in [5, 5.41) is 11.4. The average Bonchev–Trinajstić information content (AvgIpc) is 2.30. The molecule has 0 unspecified atom stereocenters. The summed E-state index contributed by atoms with van der Waals surface area (Å²) in [6, 6.07) is 3.72. The molecule has 0 bridgehead atoms. The zero-order valence-electron chi connectivity index (χ0n) is 10.2. The zero-order chi connectivity index (χ0) is 12.8. The number of benzene rings is 1. The number of hydrogen-bond donors (Lipinski definition) is 2. The van der Waals surface area contributed by atoms with Gasteiger partial charge >= 0.3 is 5.97 Å². The number of carbonyl (C=O) groups is 1. The summed E-state index contributed by atoms with van der Waals surface area (Å²) in [6.45, 7) is 2.27. The Labute approximate surface area is 100 Å². The smallest absolute Gasteiger partial charge is 0.317 e. The number of rotatable bonds is 6. The van der Waals surface area contributed by atoms with Crippen LogP contribution < -0.4 is 14.8 Å². The van der Waals surface area contributed by atoms with E-state index in [1.54, 1.807) is 14.2 Å². The van der Waals surface area contributed by atoms with Gasteiger partial charge in [-0.2, -0.15) is 0 Å². The van der Waals surface area contributed by atoms with Gasteiger partial charge in [-0.15, -0.1) is 0 Å². The van der Waals surface area contributed by atoms with Crippen LogP contribution in [0.3, 0.4) is 0 Å². The van der Waals surface area contributed by atoms with E-state index in [0.29, 0.717) is 6.54 Å². The molecule has 0 aliphatic carbocycles. The van der Waals surface area contributed by atoms with Gasteiger partial charge in [-0.3, -0.25) is 4.79 Å². The van der Waals surface area contributed by atoms with Gasteiger partial charge in [-0.05, 0) is 24.6 Å². The topological polar surface area (TPSA) is 67.8 Å². The van der Waals surface area contributed by atoms with Gasteiger partial charge in [0.05, 0.1) is 20.8 Å². The van der Waals surface area contributed by atoms with Crippen LogP contribution in [0.2, 0.25) is 0 Å². The molecule has 5 heteroatoms. The minimum absolute atomic E-state index is 0.0840. The van der Waals surface area contributed by atoms with Crippen LogP contribution in [0.15, 0.2) is 12.1 Å². The predicted octanol–water partition coefficient (Wildman–Crippen LogP) is 1.19. The summed E-state index contributed by atoms with van der Waals surface area (Å²) in [6.07, 6.45) is 0. The van der Waals surface area contributed by atoms with E-state index in [1.165, 1.54) is 0 Å². The van der Waals surface area contributed by atoms with Gasteiger partial charge in [-0.1, -0.05) is 0 Å². The van der Waals surface area contributed by atoms with Crippen molar-refractivity contribution in [3.8, 4) is 11.5 Å². The molecular weight excluding hydrogens is 222 g/mol. The van der Waals surface area contributed by atoms with Crippen LogP contribution in [0.1, 0.15) is 11.1 Å². The Hall–Kier alpha value is -1.75. The fourth-order valence-electron chi connectivity index (χ4n) is 1.56. The Balaban J connectivity index is 2.84. The lowest BCUT2D eigenvalue weighted by Gasteiger charge is -2.13. The van der Waals surface area contributed by atoms with E-state index in [0.717, 1.165) is 22.6 Å². The maximum atomic E-state index is 10.4. The Morgan fingerprint density at radius 3 is 2.47 bits per heavy atom. The summed E-state index contributed by atoms with van der Waals surface area (Å²) in [5.41, 5.74) is 1.85. The number of aryl methyl sites for hydroxylation is 1. The van der Waals surface area contributed by atoms with E-state index in [-0.39, 0.29) is 6.54 Å². The lowest BCUT2D eigenvalue weighted by molar-refractivity contribution is -0.135. The van der Waals surface area contributed by atoms with Crippen molar-refractivity contribution in [1.29, 1.82) is 0 Å². The van der Waals surface area contributed by atoms with Crippen LogP contribution in [-0.2, 0) is 11.3 Å². The first kappa shape index (κ1) is 13.3. The Kier molecular flexibility index (Phi) is 4.78. The number of methoxy groups -OCH3 is 2. The van der Waals surface area contributed by atoms with Gasteiger partial charge in [0.15, 0.2) is 0 Å². The molecule has 1 rings (SSSR count). The van der Waals surface area contributed by atoms with E-state index >= 15 is 0 Å². The van der Waals surface area contributed by atoms with Crippen molar-refractivity contribution >= 4 is 5.97 Å². The van der Waals surface area contributed by atoms with E-state index in [4.69, 9.17) is 14.6 Å². The second kappa shape index (κ2) is 6.10. The van der Waals surface area contributed by atoms with Gasteiger partial charge in [0, 0.05) is 12.1 Å². The first-order chi connectivity index (χ1) is 8.08. The number of carboxylic acid groups (broad SMARTS) is 1. The van der Waals surface area contributed by atoms with E-state index < -0.39 is 5.97 Å². The number of nitrogens with one attached hydrogen (secondary N) is 1. The predicted molar refractivity (Wildman–Crippen MR) is 63.6 cm³/mol. The van der Waals surface area contributed by atoms with Crippen LogP contribution in [0.25, 0.3) is 0 Å². The molecule has 0 saturated carbocycles. The standard InChI is InChI=1S/C12H17NO4/c1-8-4-11(17-3)9(5-10(8)16-2)6-13-7-12(14)15/h4-5,13H,6-7H2,1-3H3,(H,14,15). The zero-order valence-corrected chi connectivity index (χ0v) is 10.2. The summed E-state index contributed by atoms with van der Waals surface area (Å²) in [7, 11) is 3.19. The molecule has 0 fully saturated rings. The van der Waals surface area contributed by atoms with Crippen molar-refractivity contribution in [2.24, 2.45) is 0 Å². The number of aliphatic carboxylic acids is 1. The Morgan fingerprint density at radius 1 is 1.29 bits per heavy atom. The SMILES string of the molecule is COc1cc(CNCC(=O)O)c(OC)cc1C. The molecule has 1 aromatic rings. The molecule has 0 heterocycles. The van der Waals surface area contributed by atoms with Crippen LogP contribution in [0.5, 0.6) is 11.5 Å². The minimum Gasteiger partial charge on any atom is -0.496 e. The molecule has 0 amide bonds. The average molecular weight is 239 g/mol. The molecule has 0 radical (unpaired) electrons. The summed E-state index contributed by atoms with van der Waals surface area (Å²) in [4.78, 5) is 10.4. The third-order valence-corrected chi connectivity index (χ3v) is 2.39. The molecule has 0 aliphatic rings. The molecule has 94 valence electrons. The number of ether oxygens (including phenoxy) is 2. The van der Waals surface area contributed by atoms with Gasteiger partial charge in [0.2, 0.25) is 0 Å². The molecule has 0 aromatic heterocycles. The fourth-order valence-corrected chi connectivity index (χ4v) is 1.56. The number of hydrogen-bond acceptors (Lipinski definition) is 4. The Morgan fingerprint density at radius 2 is 1.94 bits per heavy atom. The molecule has 2 N–H and O–H groups in total. The third kappa shape index (κ3) is 3.64. The first-order valence-corrected chi connectivity index (χ1v) is 5.22. The lowest BCUT2D eigenvalue weighted by Crippen LogP contribution is -2.22. The Bertz CT molecular complexity index is 404. The monoisotopic (exact) mass is 239 g/mol. The van der Waals surface area contributed by atoms with Crippen LogP contribution in [-0.4, -0.2) is 31.8 Å². The highest BCUT2D eigenvalue weighted by atomic mass is 16.5. The van der Waals surface area contributed by atoms with Gasteiger partial charge in [0.1, 0.15) is 11.5 Å². The second-order valence-electron chi connectivity index (χ2n) is 3.63. The normalized spacial score (nSPS) is 10.1. The van der Waals surface area contributed by atoms with Crippen molar-refractivity contribution < 1.29 is 19.4 Å². The highest BCUT2D eigenvalue weighted by molar-refractivity contribution is 5.69. The van der Waals surface area contributed by atoms with E-state index in [9.17, 15) is 4.79 Å². The molecule has 0 spiro atoms. The van der Waals surface area contributed by atoms with Crippen molar-refractivity contribution in [2.75, 3.05) is 20.8 Å². The van der Waals surface area contributed by atoms with Crippen LogP contribution >= 0.6 is 0 Å². The van der Waals surface area contributed by atoms with Crippen molar-refractivity contribution in [1.82, 2.24) is 5.32 Å². The van der Waals surface area contributed by atoms with Crippen molar-refractivity contribution in [3.63, 3.8) is 0 Å². The minimum atomic E-state index is -0.886. The number of carboxylic acids is 1. The maximum absolute atomic E-state index is 10.4. The van der Waals surface area contributed by atoms with E-state index in [1.807, 2.05) is 19.1 Å². The van der Waals surface area contributed by atoms with Crippen LogP contribution in [0.4, 0.5) is 0 Å². The molecule has 17 heavy (non-hydrogen) atoms. The van der Waals surface area contributed by atoms with Gasteiger partial charge in [0.25, 0.3) is 0 Å². The van der Waals surface area contributed by atoms with Gasteiger partial charge < -0.3 is 19.9 Å². The second-order valence-corrected chi connectivity index (χ2v) is 3.63. The quantitative estimate of drug-likeness (QED) is 0.780. The van der Waals surface area contributed by atoms with Crippen molar-refractivity contribution in [3.05, 3.63) is 23.3 Å². The van der Waals surface area contributed by atoms with Gasteiger partial charge in [-0.25, -0.2) is 0 Å². The highest BCUT2D eigenvalue weighted by Crippen LogP contribution is 2.27. The van der Waals surface area contributed by atoms with Crippen molar-refractivity contribution in [2.45, 2.75) is 13.5 Å². The van der Waals surface area contributed by atoms with Crippen LogP contribution in [0, 0.1) is 6.92 Å². The molecule has 1 aromatic carbocycles. The molecule has 5 nitrogen and oxygen atoms in total. The first-order valence-electron chi connectivity index (χ1n) is 5.22. The summed E-state index contributed by atoms with van der Waals surface area (Å²) in [5.74, 6) is 0.599. The van der Waals surface area contributed by atoms with E-state index in [2.05, 4.69) is 5.32 Å². The summed E-state index contributed by atoms with van der Waals surface area (Å²) >= 11 is 0. The highest BCUT2D eigenvalue weighted by Gasteiger charge is 2.08. The molecule has 0 atom stereocenters. The fraction of sp³-hybridized carbons (Fsp3) is 0.417.